The Labute approximate surface area is 112 Å². The number of primary amides is 1. The number of carboxylic acid groups (broad SMARTS) is 1. The van der Waals surface area contributed by atoms with Gasteiger partial charge in [-0.3, -0.25) is 9.59 Å². The highest BCUT2D eigenvalue weighted by atomic mass is 16.4. The summed E-state index contributed by atoms with van der Waals surface area (Å²) in [6.45, 7) is 3.22. The third kappa shape index (κ3) is 5.15. The van der Waals surface area contributed by atoms with Crippen molar-refractivity contribution in [3.8, 4) is 0 Å². The number of hydrogen-bond acceptors (Lipinski definition) is 3. The fourth-order valence-corrected chi connectivity index (χ4v) is 2.02. The van der Waals surface area contributed by atoms with Crippen LogP contribution >= 0.6 is 0 Å². The van der Waals surface area contributed by atoms with Crippen LogP contribution in [-0.2, 0) is 9.59 Å². The van der Waals surface area contributed by atoms with Crippen LogP contribution in [-0.4, -0.2) is 47.5 Å². The van der Waals surface area contributed by atoms with Crippen LogP contribution in [0.2, 0.25) is 0 Å². The lowest BCUT2D eigenvalue weighted by Crippen LogP contribution is -2.41. The predicted molar refractivity (Wildman–Crippen MR) is 68.3 cm³/mol. The summed E-state index contributed by atoms with van der Waals surface area (Å²) in [5, 5.41) is 11.3. The molecule has 0 spiro atoms. The van der Waals surface area contributed by atoms with Crippen LogP contribution in [0.15, 0.2) is 0 Å². The summed E-state index contributed by atoms with van der Waals surface area (Å²) in [5.74, 6) is -1.35. The van der Waals surface area contributed by atoms with Crippen molar-refractivity contribution in [1.82, 2.24) is 10.2 Å². The van der Waals surface area contributed by atoms with Crippen molar-refractivity contribution in [2.75, 3.05) is 19.6 Å². The summed E-state index contributed by atoms with van der Waals surface area (Å²) in [6.07, 6.45) is 1.24. The normalized spacial score (nSPS) is 20.1. The van der Waals surface area contributed by atoms with Crippen LogP contribution in [0.1, 0.15) is 26.2 Å². The van der Waals surface area contributed by atoms with Crippen molar-refractivity contribution in [2.45, 2.75) is 26.2 Å². The molecule has 0 radical (unpaired) electrons. The van der Waals surface area contributed by atoms with Crippen LogP contribution in [0.5, 0.6) is 0 Å². The third-order valence-corrected chi connectivity index (χ3v) is 3.33. The number of amides is 3. The van der Waals surface area contributed by atoms with E-state index in [0.717, 1.165) is 0 Å². The molecule has 4 N–H and O–H groups in total. The van der Waals surface area contributed by atoms with E-state index in [4.69, 9.17) is 10.8 Å². The molecule has 1 fully saturated rings. The molecule has 7 nitrogen and oxygen atoms in total. The molecular weight excluding hydrogens is 250 g/mol. The first kappa shape index (κ1) is 15.3. The summed E-state index contributed by atoms with van der Waals surface area (Å²) >= 11 is 0. The lowest BCUT2D eigenvalue weighted by molar-refractivity contribution is -0.137. The summed E-state index contributed by atoms with van der Waals surface area (Å²) in [7, 11) is 0. The molecule has 1 aliphatic heterocycles. The molecule has 0 bridgehead atoms. The molecule has 2 unspecified atom stereocenters. The standard InChI is InChI=1S/C12H21N3O4/c1-8(2-3-10(16)17)6-14-12(19)15-5-4-9(7-15)11(13)18/h8-9H,2-7H2,1H3,(H2,13,18)(H,14,19)(H,16,17). The van der Waals surface area contributed by atoms with Gasteiger partial charge in [-0.15, -0.1) is 0 Å². The fourth-order valence-electron chi connectivity index (χ4n) is 2.02. The number of nitrogens with one attached hydrogen (secondary N) is 1. The second kappa shape index (κ2) is 6.96. The number of carbonyl (C=O) groups is 3. The number of urea groups is 1. The van der Waals surface area contributed by atoms with Gasteiger partial charge in [0.1, 0.15) is 0 Å². The van der Waals surface area contributed by atoms with Crippen LogP contribution in [0.4, 0.5) is 4.79 Å². The van der Waals surface area contributed by atoms with Gasteiger partial charge in [-0.2, -0.15) is 0 Å². The van der Waals surface area contributed by atoms with Crippen molar-refractivity contribution in [1.29, 1.82) is 0 Å². The molecule has 7 heteroatoms. The van der Waals surface area contributed by atoms with E-state index in [1.807, 2.05) is 6.92 Å². The number of hydrogen-bond donors (Lipinski definition) is 3. The van der Waals surface area contributed by atoms with Crippen LogP contribution < -0.4 is 11.1 Å². The minimum Gasteiger partial charge on any atom is -0.481 e. The fraction of sp³-hybridized carbons (Fsp3) is 0.750. The predicted octanol–water partition coefficient (Wildman–Crippen LogP) is 0.00410. The third-order valence-electron chi connectivity index (χ3n) is 3.33. The van der Waals surface area contributed by atoms with Gasteiger partial charge in [-0.1, -0.05) is 6.92 Å². The maximum atomic E-state index is 11.8. The molecule has 0 saturated carbocycles. The first-order valence-corrected chi connectivity index (χ1v) is 6.44. The first-order chi connectivity index (χ1) is 8.90. The quantitative estimate of drug-likeness (QED) is 0.631. The number of nitrogens with zero attached hydrogens (tertiary/aromatic N) is 1. The Kier molecular flexibility index (Phi) is 5.59. The number of likely N-dealkylation sites (tertiary alicyclic amines) is 1. The van der Waals surface area contributed by atoms with Crippen molar-refractivity contribution in [2.24, 2.45) is 17.6 Å². The van der Waals surface area contributed by atoms with Gasteiger partial charge in [0.25, 0.3) is 0 Å². The Morgan fingerprint density at radius 1 is 1.47 bits per heavy atom. The van der Waals surface area contributed by atoms with E-state index in [2.05, 4.69) is 5.32 Å². The van der Waals surface area contributed by atoms with Gasteiger partial charge in [-0.25, -0.2) is 4.79 Å². The molecule has 1 rings (SSSR count). The van der Waals surface area contributed by atoms with Gasteiger partial charge in [0.05, 0.1) is 5.92 Å². The van der Waals surface area contributed by atoms with Crippen molar-refractivity contribution in [3.05, 3.63) is 0 Å². The largest absolute Gasteiger partial charge is 0.481 e. The lowest BCUT2D eigenvalue weighted by atomic mass is 10.1. The molecule has 1 heterocycles. The Morgan fingerprint density at radius 2 is 2.16 bits per heavy atom. The van der Waals surface area contributed by atoms with Gasteiger partial charge in [0, 0.05) is 26.1 Å². The van der Waals surface area contributed by atoms with Gasteiger partial charge in [-0.05, 0) is 18.8 Å². The highest BCUT2D eigenvalue weighted by Gasteiger charge is 2.29. The molecule has 0 aromatic rings. The summed E-state index contributed by atoms with van der Waals surface area (Å²) in [5.41, 5.74) is 5.20. The number of nitrogens with two attached hydrogens (primary N) is 1. The Balaban J connectivity index is 2.24. The first-order valence-electron chi connectivity index (χ1n) is 6.44. The molecule has 0 aliphatic carbocycles. The van der Waals surface area contributed by atoms with Crippen molar-refractivity contribution in [3.63, 3.8) is 0 Å². The molecule has 1 aliphatic rings. The molecule has 2 atom stereocenters. The summed E-state index contributed by atoms with van der Waals surface area (Å²) in [6, 6.07) is -0.217. The molecule has 3 amide bonds. The zero-order valence-corrected chi connectivity index (χ0v) is 11.1. The Hall–Kier alpha value is -1.79. The highest BCUT2D eigenvalue weighted by Crippen LogP contribution is 2.15. The SMILES string of the molecule is CC(CCC(=O)O)CNC(=O)N1CCC(C(N)=O)C1. The molecule has 0 aromatic heterocycles. The average Bonchev–Trinajstić information content (AvgIpc) is 2.83. The number of carbonyl (C=O) groups excluding carboxylic acids is 2. The second-order valence-corrected chi connectivity index (χ2v) is 5.06. The van der Waals surface area contributed by atoms with E-state index in [0.29, 0.717) is 32.5 Å². The van der Waals surface area contributed by atoms with Gasteiger partial charge >= 0.3 is 12.0 Å². The smallest absolute Gasteiger partial charge is 0.317 e. The molecular formula is C12H21N3O4. The molecule has 1 saturated heterocycles. The van der Waals surface area contributed by atoms with Crippen LogP contribution in [0, 0.1) is 11.8 Å². The minimum atomic E-state index is -0.831. The van der Waals surface area contributed by atoms with E-state index in [-0.39, 0.29) is 30.2 Å². The van der Waals surface area contributed by atoms with Crippen molar-refractivity contribution >= 4 is 17.9 Å². The number of rotatable bonds is 6. The van der Waals surface area contributed by atoms with E-state index >= 15 is 0 Å². The average molecular weight is 271 g/mol. The van der Waals surface area contributed by atoms with E-state index in [1.165, 1.54) is 0 Å². The zero-order valence-electron chi connectivity index (χ0n) is 11.1. The molecule has 0 aromatic carbocycles. The highest BCUT2D eigenvalue weighted by molar-refractivity contribution is 5.80. The Morgan fingerprint density at radius 3 is 2.68 bits per heavy atom. The second-order valence-electron chi connectivity index (χ2n) is 5.06. The monoisotopic (exact) mass is 271 g/mol. The Bertz CT molecular complexity index is 359. The van der Waals surface area contributed by atoms with Gasteiger partial charge in [0.2, 0.25) is 5.91 Å². The van der Waals surface area contributed by atoms with E-state index < -0.39 is 5.97 Å². The number of carboxylic acids is 1. The molecule has 19 heavy (non-hydrogen) atoms. The van der Waals surface area contributed by atoms with E-state index in [9.17, 15) is 14.4 Å². The molecule has 108 valence electrons. The maximum Gasteiger partial charge on any atom is 0.317 e. The van der Waals surface area contributed by atoms with E-state index in [1.54, 1.807) is 4.90 Å². The van der Waals surface area contributed by atoms with Crippen LogP contribution in [0.25, 0.3) is 0 Å². The number of aliphatic carboxylic acids is 1. The summed E-state index contributed by atoms with van der Waals surface area (Å²) in [4.78, 5) is 34.8. The van der Waals surface area contributed by atoms with Gasteiger partial charge < -0.3 is 21.1 Å². The van der Waals surface area contributed by atoms with Crippen molar-refractivity contribution < 1.29 is 19.5 Å². The lowest BCUT2D eigenvalue weighted by Gasteiger charge is -2.18. The minimum absolute atomic E-state index is 0.102. The topological polar surface area (TPSA) is 113 Å². The summed E-state index contributed by atoms with van der Waals surface area (Å²) < 4.78 is 0. The van der Waals surface area contributed by atoms with Gasteiger partial charge in [0.15, 0.2) is 0 Å². The zero-order chi connectivity index (χ0) is 14.4. The van der Waals surface area contributed by atoms with Crippen LogP contribution in [0.3, 0.4) is 0 Å². The maximum absolute atomic E-state index is 11.8.